The van der Waals surface area contributed by atoms with Crippen molar-refractivity contribution in [2.75, 3.05) is 0 Å². The highest BCUT2D eigenvalue weighted by Crippen LogP contribution is 2.07. The zero-order chi connectivity index (χ0) is 18.3. The molecule has 0 aliphatic heterocycles. The molecule has 0 saturated carbocycles. The molecule has 0 aromatic rings. The van der Waals surface area contributed by atoms with Gasteiger partial charge >= 0.3 is 0 Å². The summed E-state index contributed by atoms with van der Waals surface area (Å²) < 4.78 is 0. The highest BCUT2D eigenvalue weighted by Gasteiger charge is 2.30. The van der Waals surface area contributed by atoms with Crippen LogP contribution in [-0.4, -0.2) is 35.9 Å². The second-order valence-corrected chi connectivity index (χ2v) is 7.11. The van der Waals surface area contributed by atoms with Crippen LogP contribution in [0.5, 0.6) is 0 Å². The number of carboxylic acid groups (broad SMARTS) is 1. The average Bonchev–Trinajstić information content (AvgIpc) is 2.39. The van der Waals surface area contributed by atoms with E-state index in [1.165, 1.54) is 0 Å². The fourth-order valence-electron chi connectivity index (χ4n) is 2.22. The molecular weight excluding hydrogens is 298 g/mol. The van der Waals surface area contributed by atoms with Crippen LogP contribution in [0.2, 0.25) is 0 Å². The Morgan fingerprint density at radius 3 is 1.65 bits per heavy atom. The number of rotatable bonds is 9. The Balaban J connectivity index is 4.94. The van der Waals surface area contributed by atoms with Gasteiger partial charge in [-0.25, -0.2) is 0 Å². The minimum absolute atomic E-state index is 0.181. The molecular formula is C16H31N3O4. The van der Waals surface area contributed by atoms with E-state index in [0.29, 0.717) is 12.3 Å². The number of hydrogen-bond acceptors (Lipinski definition) is 4. The summed E-state index contributed by atoms with van der Waals surface area (Å²) in [4.78, 5) is 35.6. The maximum Gasteiger partial charge on any atom is 0.278 e. The van der Waals surface area contributed by atoms with Crippen LogP contribution in [0.15, 0.2) is 0 Å². The van der Waals surface area contributed by atoms with Gasteiger partial charge < -0.3 is 26.3 Å². The number of hydrogen-bond donors (Lipinski definition) is 3. The molecule has 0 aromatic carbocycles. The van der Waals surface area contributed by atoms with Crippen molar-refractivity contribution in [2.45, 2.75) is 66.1 Å². The predicted octanol–water partition coefficient (Wildman–Crippen LogP) is -1.33. The summed E-state index contributed by atoms with van der Waals surface area (Å²) in [5.41, 5.74) is 3.82. The lowest BCUT2D eigenvalue weighted by Crippen LogP contribution is -2.69. The van der Waals surface area contributed by atoms with E-state index in [1.54, 1.807) is 27.7 Å². The summed E-state index contributed by atoms with van der Waals surface area (Å²) in [7, 11) is 0. The normalized spacial score (nSPS) is 15.4. The fraction of sp³-hybridized carbons (Fsp3) is 0.812. The lowest BCUT2D eigenvalue weighted by atomic mass is 9.99. The van der Waals surface area contributed by atoms with Crippen LogP contribution in [0, 0.1) is 17.8 Å². The van der Waals surface area contributed by atoms with Gasteiger partial charge in [-0.15, -0.1) is 0 Å². The van der Waals surface area contributed by atoms with Gasteiger partial charge in [-0.1, -0.05) is 41.5 Å². The lowest BCUT2D eigenvalue weighted by Gasteiger charge is -2.28. The molecule has 7 heteroatoms. The van der Waals surface area contributed by atoms with Crippen molar-refractivity contribution in [3.8, 4) is 0 Å². The summed E-state index contributed by atoms with van der Waals surface area (Å²) in [6.07, 6.45) is 0.617. The molecule has 0 rings (SSSR count). The first-order valence-corrected chi connectivity index (χ1v) is 8.12. The largest absolute Gasteiger partial charge is 0.548 e. The van der Waals surface area contributed by atoms with Crippen molar-refractivity contribution in [3.63, 3.8) is 0 Å². The Hall–Kier alpha value is -1.63. The third-order valence-electron chi connectivity index (χ3n) is 3.59. The molecule has 0 aliphatic rings. The van der Waals surface area contributed by atoms with Crippen LogP contribution in [0.25, 0.3) is 0 Å². The van der Waals surface area contributed by atoms with Crippen molar-refractivity contribution < 1.29 is 25.2 Å². The number of quaternary nitrogens is 1. The first-order chi connectivity index (χ1) is 10.5. The van der Waals surface area contributed by atoms with E-state index < -0.39 is 30.0 Å². The van der Waals surface area contributed by atoms with Crippen LogP contribution in [0.4, 0.5) is 0 Å². The van der Waals surface area contributed by atoms with Gasteiger partial charge in [-0.2, -0.15) is 0 Å². The Kier molecular flexibility index (Phi) is 8.82. The zero-order valence-corrected chi connectivity index (χ0v) is 15.0. The van der Waals surface area contributed by atoms with Gasteiger partial charge in [0, 0.05) is 6.42 Å². The van der Waals surface area contributed by atoms with Gasteiger partial charge in [0.05, 0.1) is 12.0 Å². The molecule has 0 fully saturated rings. The molecule has 3 atom stereocenters. The molecule has 0 aromatic heterocycles. The Morgan fingerprint density at radius 1 is 0.870 bits per heavy atom. The van der Waals surface area contributed by atoms with Crippen LogP contribution >= 0.6 is 0 Å². The summed E-state index contributed by atoms with van der Waals surface area (Å²) in [5, 5.41) is 16.2. The van der Waals surface area contributed by atoms with Crippen molar-refractivity contribution in [1.82, 2.24) is 10.6 Å². The third kappa shape index (κ3) is 7.45. The van der Waals surface area contributed by atoms with Crippen LogP contribution < -0.4 is 21.5 Å². The maximum absolute atomic E-state index is 12.3. The van der Waals surface area contributed by atoms with E-state index in [9.17, 15) is 19.5 Å². The van der Waals surface area contributed by atoms with Crippen LogP contribution in [0.3, 0.4) is 0 Å². The molecule has 0 bridgehead atoms. The van der Waals surface area contributed by atoms with E-state index in [2.05, 4.69) is 16.4 Å². The van der Waals surface area contributed by atoms with Crippen molar-refractivity contribution in [2.24, 2.45) is 17.8 Å². The summed E-state index contributed by atoms with van der Waals surface area (Å²) >= 11 is 0. The quantitative estimate of drug-likeness (QED) is 0.485. The number of aliphatic carboxylic acids is 1. The van der Waals surface area contributed by atoms with Crippen LogP contribution in [-0.2, 0) is 14.4 Å². The molecule has 3 unspecified atom stereocenters. The lowest BCUT2D eigenvalue weighted by molar-refractivity contribution is -0.406. The van der Waals surface area contributed by atoms with Crippen molar-refractivity contribution >= 4 is 17.8 Å². The van der Waals surface area contributed by atoms with E-state index in [-0.39, 0.29) is 17.7 Å². The summed E-state index contributed by atoms with van der Waals surface area (Å²) in [6.45, 7) is 10.9. The number of carbonyl (C=O) groups excluding carboxylic acids is 3. The van der Waals surface area contributed by atoms with Gasteiger partial charge in [0.15, 0.2) is 6.04 Å². The average molecular weight is 329 g/mol. The number of nitrogens with one attached hydrogen (secondary N) is 2. The van der Waals surface area contributed by atoms with Gasteiger partial charge in [-0.3, -0.25) is 9.59 Å². The van der Waals surface area contributed by atoms with Crippen LogP contribution in [0.1, 0.15) is 48.0 Å². The molecule has 23 heavy (non-hydrogen) atoms. The highest BCUT2D eigenvalue weighted by atomic mass is 16.4. The highest BCUT2D eigenvalue weighted by molar-refractivity contribution is 5.91. The number of carbonyl (C=O) groups is 3. The van der Waals surface area contributed by atoms with Gasteiger partial charge in [0.1, 0.15) is 6.04 Å². The van der Waals surface area contributed by atoms with E-state index in [4.69, 9.17) is 0 Å². The van der Waals surface area contributed by atoms with Gasteiger partial charge in [-0.05, 0) is 17.8 Å². The summed E-state index contributed by atoms with van der Waals surface area (Å²) in [5.74, 6) is -2.33. The molecule has 0 heterocycles. The molecule has 2 amide bonds. The Bertz CT molecular complexity index is 422. The molecule has 5 N–H and O–H groups in total. The standard InChI is InChI=1S/C16H31N3O4/c1-8(2)7-11(17)14(20)18-12(9(3)4)15(21)19-13(10(5)6)16(22)23/h8-13H,7,17H2,1-6H3,(H,18,20)(H,19,21)(H,22,23). The monoisotopic (exact) mass is 329 g/mol. The van der Waals surface area contributed by atoms with Crippen molar-refractivity contribution in [1.29, 1.82) is 0 Å². The van der Waals surface area contributed by atoms with E-state index in [0.717, 1.165) is 0 Å². The second-order valence-electron chi connectivity index (χ2n) is 7.11. The third-order valence-corrected chi connectivity index (χ3v) is 3.59. The van der Waals surface area contributed by atoms with E-state index in [1.807, 2.05) is 13.8 Å². The molecule has 0 radical (unpaired) electrons. The summed E-state index contributed by atoms with van der Waals surface area (Å²) in [6, 6.07) is -2.35. The van der Waals surface area contributed by atoms with Gasteiger partial charge in [0.2, 0.25) is 5.91 Å². The van der Waals surface area contributed by atoms with Crippen molar-refractivity contribution in [3.05, 3.63) is 0 Å². The van der Waals surface area contributed by atoms with E-state index >= 15 is 0 Å². The fourth-order valence-corrected chi connectivity index (χ4v) is 2.22. The van der Waals surface area contributed by atoms with Gasteiger partial charge in [0.25, 0.3) is 5.91 Å². The molecule has 0 aliphatic carbocycles. The molecule has 134 valence electrons. The topological polar surface area (TPSA) is 126 Å². The first kappa shape index (κ1) is 21.4. The minimum Gasteiger partial charge on any atom is -0.548 e. The molecule has 7 nitrogen and oxygen atoms in total. The first-order valence-electron chi connectivity index (χ1n) is 8.12. The SMILES string of the molecule is CC(C)CC([NH3+])C(=O)NC(C(=O)NC(C(=O)[O-])C(C)C)C(C)C. The smallest absolute Gasteiger partial charge is 0.278 e. The predicted molar refractivity (Wildman–Crippen MR) is 84.7 cm³/mol. The zero-order valence-electron chi connectivity index (χ0n) is 15.0. The number of amides is 2. The maximum atomic E-state index is 12.3. The second kappa shape index (κ2) is 9.50. The Labute approximate surface area is 138 Å². The molecule has 0 saturated heterocycles. The molecule has 0 spiro atoms. The minimum atomic E-state index is -1.34. The Morgan fingerprint density at radius 2 is 1.30 bits per heavy atom. The number of carboxylic acids is 1.